The van der Waals surface area contributed by atoms with Crippen LogP contribution in [0.2, 0.25) is 0 Å². The molecule has 2 N–H and O–H groups in total. The number of amides is 1. The maximum atomic E-state index is 12.6. The standard InChI is InChI=1S/C17H35N3O2/c1-13(2)14(21)16(3,4)12-18-15(22)17(5,6)20-10-8-19(7)9-11-20/h13-14,21H,8-12H2,1-7H3,(H,18,22). The van der Waals surface area contributed by atoms with Gasteiger partial charge >= 0.3 is 0 Å². The summed E-state index contributed by atoms with van der Waals surface area (Å²) in [7, 11) is 2.11. The summed E-state index contributed by atoms with van der Waals surface area (Å²) >= 11 is 0. The first-order valence-electron chi connectivity index (χ1n) is 8.38. The molecule has 0 aromatic carbocycles. The van der Waals surface area contributed by atoms with Crippen molar-refractivity contribution in [2.24, 2.45) is 11.3 Å². The second-order valence-electron chi connectivity index (χ2n) is 8.21. The Kier molecular flexibility index (Phi) is 6.42. The molecule has 0 aromatic heterocycles. The molecule has 1 fully saturated rings. The van der Waals surface area contributed by atoms with Crippen LogP contribution < -0.4 is 5.32 Å². The van der Waals surface area contributed by atoms with Gasteiger partial charge in [0.15, 0.2) is 0 Å². The molecule has 0 radical (unpaired) electrons. The number of carbonyl (C=O) groups excluding carboxylic acids is 1. The molecule has 1 aliphatic heterocycles. The van der Waals surface area contributed by atoms with E-state index in [2.05, 4.69) is 22.2 Å². The lowest BCUT2D eigenvalue weighted by Crippen LogP contribution is -2.61. The highest BCUT2D eigenvalue weighted by Gasteiger charge is 2.37. The Morgan fingerprint density at radius 2 is 1.64 bits per heavy atom. The number of aliphatic hydroxyl groups excluding tert-OH is 1. The van der Waals surface area contributed by atoms with Gasteiger partial charge in [0.2, 0.25) is 5.91 Å². The van der Waals surface area contributed by atoms with Gasteiger partial charge in [0, 0.05) is 38.1 Å². The van der Waals surface area contributed by atoms with Crippen molar-refractivity contribution in [2.75, 3.05) is 39.8 Å². The quantitative estimate of drug-likeness (QED) is 0.773. The highest BCUT2D eigenvalue weighted by molar-refractivity contribution is 5.85. The first-order chi connectivity index (χ1) is 9.98. The highest BCUT2D eigenvalue weighted by Crippen LogP contribution is 2.25. The van der Waals surface area contributed by atoms with Crippen LogP contribution in [-0.4, -0.2) is 72.2 Å². The van der Waals surface area contributed by atoms with Crippen molar-refractivity contribution in [3.8, 4) is 0 Å². The van der Waals surface area contributed by atoms with E-state index < -0.39 is 11.6 Å². The van der Waals surface area contributed by atoms with Crippen molar-refractivity contribution in [3.05, 3.63) is 0 Å². The molecule has 1 rings (SSSR count). The number of likely N-dealkylation sites (N-methyl/N-ethyl adjacent to an activating group) is 1. The summed E-state index contributed by atoms with van der Waals surface area (Å²) in [4.78, 5) is 17.2. The minimum absolute atomic E-state index is 0.0427. The topological polar surface area (TPSA) is 55.8 Å². The molecule has 1 unspecified atom stereocenters. The molecule has 1 saturated heterocycles. The van der Waals surface area contributed by atoms with Gasteiger partial charge in [-0.1, -0.05) is 27.7 Å². The minimum Gasteiger partial charge on any atom is -0.392 e. The zero-order valence-electron chi connectivity index (χ0n) is 15.4. The summed E-state index contributed by atoms with van der Waals surface area (Å²) in [6.07, 6.45) is -0.431. The number of nitrogens with one attached hydrogen (secondary N) is 1. The smallest absolute Gasteiger partial charge is 0.239 e. The maximum absolute atomic E-state index is 12.6. The Hall–Kier alpha value is -0.650. The Bertz CT molecular complexity index is 372. The van der Waals surface area contributed by atoms with Crippen molar-refractivity contribution in [1.29, 1.82) is 0 Å². The zero-order valence-corrected chi connectivity index (χ0v) is 15.4. The normalized spacial score (nSPS) is 20.2. The third-order valence-electron chi connectivity index (χ3n) is 4.99. The lowest BCUT2D eigenvalue weighted by atomic mass is 9.80. The average molecular weight is 313 g/mol. The van der Waals surface area contributed by atoms with E-state index in [4.69, 9.17) is 0 Å². The molecule has 0 aliphatic carbocycles. The zero-order chi connectivity index (χ0) is 17.1. The summed E-state index contributed by atoms with van der Waals surface area (Å²) in [6, 6.07) is 0. The van der Waals surface area contributed by atoms with E-state index in [9.17, 15) is 9.90 Å². The fourth-order valence-electron chi connectivity index (χ4n) is 3.04. The van der Waals surface area contributed by atoms with Crippen LogP contribution in [0.3, 0.4) is 0 Å². The van der Waals surface area contributed by atoms with Gasteiger partial charge in [0.1, 0.15) is 0 Å². The SMILES string of the molecule is CC(C)C(O)C(C)(C)CNC(=O)C(C)(C)N1CCN(C)CC1. The van der Waals surface area contributed by atoms with Gasteiger partial charge in [-0.05, 0) is 26.8 Å². The lowest BCUT2D eigenvalue weighted by molar-refractivity contribution is -0.133. The van der Waals surface area contributed by atoms with Crippen LogP contribution in [0.1, 0.15) is 41.5 Å². The molecule has 1 atom stereocenters. The van der Waals surface area contributed by atoms with Gasteiger partial charge in [-0.2, -0.15) is 0 Å². The van der Waals surface area contributed by atoms with Gasteiger partial charge in [-0.3, -0.25) is 9.69 Å². The van der Waals surface area contributed by atoms with Crippen LogP contribution in [0, 0.1) is 11.3 Å². The maximum Gasteiger partial charge on any atom is 0.239 e. The molecule has 0 spiro atoms. The van der Waals surface area contributed by atoms with Crippen molar-refractivity contribution < 1.29 is 9.90 Å². The Morgan fingerprint density at radius 1 is 1.14 bits per heavy atom. The Labute approximate surface area is 136 Å². The van der Waals surface area contributed by atoms with Crippen molar-refractivity contribution in [1.82, 2.24) is 15.1 Å². The molecule has 1 heterocycles. The molecule has 5 nitrogen and oxygen atoms in total. The van der Waals surface area contributed by atoms with E-state index in [1.807, 2.05) is 41.5 Å². The van der Waals surface area contributed by atoms with Crippen molar-refractivity contribution >= 4 is 5.91 Å². The molecule has 0 bridgehead atoms. The molecule has 1 amide bonds. The molecule has 22 heavy (non-hydrogen) atoms. The highest BCUT2D eigenvalue weighted by atomic mass is 16.3. The summed E-state index contributed by atoms with van der Waals surface area (Å²) in [5.74, 6) is 0.221. The van der Waals surface area contributed by atoms with Crippen LogP contribution in [0.25, 0.3) is 0 Å². The number of hydrogen-bond donors (Lipinski definition) is 2. The van der Waals surface area contributed by atoms with Crippen LogP contribution >= 0.6 is 0 Å². The number of nitrogens with zero attached hydrogens (tertiary/aromatic N) is 2. The van der Waals surface area contributed by atoms with E-state index in [-0.39, 0.29) is 17.2 Å². The molecule has 0 saturated carbocycles. The van der Waals surface area contributed by atoms with E-state index >= 15 is 0 Å². The van der Waals surface area contributed by atoms with Gasteiger partial charge in [0.05, 0.1) is 11.6 Å². The molecule has 130 valence electrons. The monoisotopic (exact) mass is 313 g/mol. The van der Waals surface area contributed by atoms with E-state index in [0.29, 0.717) is 6.54 Å². The molecular formula is C17H35N3O2. The van der Waals surface area contributed by atoms with Crippen molar-refractivity contribution in [3.63, 3.8) is 0 Å². The average Bonchev–Trinajstić information content (AvgIpc) is 2.44. The predicted octanol–water partition coefficient (Wildman–Crippen LogP) is 1.17. The molecular weight excluding hydrogens is 278 g/mol. The number of rotatable bonds is 6. The van der Waals surface area contributed by atoms with Crippen LogP contribution in [-0.2, 0) is 4.79 Å². The Balaban J connectivity index is 2.60. The summed E-state index contributed by atoms with van der Waals surface area (Å²) < 4.78 is 0. The summed E-state index contributed by atoms with van der Waals surface area (Å²) in [5, 5.41) is 13.3. The predicted molar refractivity (Wildman–Crippen MR) is 90.8 cm³/mol. The van der Waals surface area contributed by atoms with Crippen molar-refractivity contribution in [2.45, 2.75) is 53.2 Å². The van der Waals surface area contributed by atoms with Crippen LogP contribution in [0.5, 0.6) is 0 Å². The third kappa shape index (κ3) is 4.67. The fraction of sp³-hybridized carbons (Fsp3) is 0.941. The lowest BCUT2D eigenvalue weighted by Gasteiger charge is -2.42. The Morgan fingerprint density at radius 3 is 2.09 bits per heavy atom. The van der Waals surface area contributed by atoms with Gasteiger partial charge < -0.3 is 15.3 Å². The van der Waals surface area contributed by atoms with Gasteiger partial charge in [0.25, 0.3) is 0 Å². The number of piperazine rings is 1. The summed E-state index contributed by atoms with van der Waals surface area (Å²) in [6.45, 7) is 16.3. The van der Waals surface area contributed by atoms with Crippen LogP contribution in [0.15, 0.2) is 0 Å². The van der Waals surface area contributed by atoms with Crippen LogP contribution in [0.4, 0.5) is 0 Å². The minimum atomic E-state index is -0.514. The number of aliphatic hydroxyl groups is 1. The second kappa shape index (κ2) is 7.28. The number of carbonyl (C=O) groups is 1. The second-order valence-corrected chi connectivity index (χ2v) is 8.21. The van der Waals surface area contributed by atoms with Gasteiger partial charge in [-0.25, -0.2) is 0 Å². The molecule has 5 heteroatoms. The summed E-state index contributed by atoms with van der Waals surface area (Å²) in [5.41, 5.74) is -0.845. The fourth-order valence-corrected chi connectivity index (χ4v) is 3.04. The first-order valence-corrected chi connectivity index (χ1v) is 8.38. The molecule has 1 aliphatic rings. The van der Waals surface area contributed by atoms with E-state index in [1.165, 1.54) is 0 Å². The number of hydrogen-bond acceptors (Lipinski definition) is 4. The first kappa shape index (κ1) is 19.4. The molecule has 0 aromatic rings. The van der Waals surface area contributed by atoms with E-state index in [1.54, 1.807) is 0 Å². The largest absolute Gasteiger partial charge is 0.392 e. The third-order valence-corrected chi connectivity index (χ3v) is 4.99. The van der Waals surface area contributed by atoms with Gasteiger partial charge in [-0.15, -0.1) is 0 Å². The van der Waals surface area contributed by atoms with E-state index in [0.717, 1.165) is 26.2 Å².